The molecule has 0 radical (unpaired) electrons. The van der Waals surface area contributed by atoms with Crippen LogP contribution in [-0.2, 0) is 11.0 Å². The van der Waals surface area contributed by atoms with Crippen molar-refractivity contribution in [2.45, 2.75) is 43.9 Å². The summed E-state index contributed by atoms with van der Waals surface area (Å²) in [6, 6.07) is 9.14. The third kappa shape index (κ3) is 5.08. The van der Waals surface area contributed by atoms with Crippen molar-refractivity contribution in [1.82, 2.24) is 10.3 Å². The summed E-state index contributed by atoms with van der Waals surface area (Å²) in [5.74, 6) is -1.34. The van der Waals surface area contributed by atoms with E-state index in [4.69, 9.17) is 4.42 Å². The van der Waals surface area contributed by atoms with Gasteiger partial charge in [0, 0.05) is 29.7 Å². The Morgan fingerprint density at radius 2 is 1.88 bits per heavy atom. The topological polar surface area (TPSA) is 75.4 Å². The van der Waals surface area contributed by atoms with Gasteiger partial charge in [0.25, 0.3) is 5.91 Å². The zero-order valence-corrected chi connectivity index (χ0v) is 17.6. The van der Waals surface area contributed by atoms with Crippen molar-refractivity contribution in [3.8, 4) is 0 Å². The number of hydrogen-bond acceptors (Lipinski definition) is 4. The van der Waals surface area contributed by atoms with Gasteiger partial charge in [0.2, 0.25) is 5.91 Å². The first-order valence-electron chi connectivity index (χ1n) is 10.6. The lowest BCUT2D eigenvalue weighted by Gasteiger charge is -2.32. The fourth-order valence-electron chi connectivity index (χ4n) is 4.04. The average molecular weight is 457 g/mol. The number of alkyl halides is 3. The van der Waals surface area contributed by atoms with Gasteiger partial charge in [0.05, 0.1) is 11.8 Å². The maximum atomic E-state index is 13.5. The Bertz CT molecular complexity index is 1090. The number of carbonyl (C=O) groups excluding carboxylic acids is 2. The molecule has 9 heteroatoms. The van der Waals surface area contributed by atoms with E-state index in [0.29, 0.717) is 5.56 Å². The molecule has 0 aliphatic heterocycles. The highest BCUT2D eigenvalue weighted by molar-refractivity contribution is 6.08. The summed E-state index contributed by atoms with van der Waals surface area (Å²) < 4.78 is 45.6. The lowest BCUT2D eigenvalue weighted by molar-refractivity contribution is -0.137. The van der Waals surface area contributed by atoms with Gasteiger partial charge in [-0.05, 0) is 49.2 Å². The first-order chi connectivity index (χ1) is 15.8. The van der Waals surface area contributed by atoms with Crippen molar-refractivity contribution >= 4 is 17.5 Å². The van der Waals surface area contributed by atoms with Gasteiger partial charge in [0.15, 0.2) is 5.76 Å². The second-order valence-corrected chi connectivity index (χ2v) is 7.88. The SMILES string of the molecule is O=C(NC1CCCC1)[C@H](c1cccnc1)N(C(=O)c1ccco1)c1cccc(C(F)(F)F)c1. The quantitative estimate of drug-likeness (QED) is 0.556. The molecule has 0 unspecified atom stereocenters. The fraction of sp³-hybridized carbons (Fsp3) is 0.292. The Kier molecular flexibility index (Phi) is 6.48. The number of nitrogens with zero attached hydrogens (tertiary/aromatic N) is 2. The van der Waals surface area contributed by atoms with E-state index in [-0.39, 0.29) is 17.5 Å². The Hall–Kier alpha value is -3.62. The molecule has 1 saturated carbocycles. The van der Waals surface area contributed by atoms with Crippen LogP contribution in [0.2, 0.25) is 0 Å². The van der Waals surface area contributed by atoms with Gasteiger partial charge >= 0.3 is 6.18 Å². The monoisotopic (exact) mass is 457 g/mol. The average Bonchev–Trinajstić information content (AvgIpc) is 3.51. The molecule has 2 amide bonds. The van der Waals surface area contributed by atoms with E-state index in [0.717, 1.165) is 42.7 Å². The lowest BCUT2D eigenvalue weighted by atomic mass is 10.0. The van der Waals surface area contributed by atoms with Crippen LogP contribution in [0.4, 0.5) is 18.9 Å². The molecule has 1 N–H and O–H groups in total. The van der Waals surface area contributed by atoms with E-state index in [1.165, 1.54) is 42.9 Å². The molecule has 0 spiro atoms. The molecule has 4 rings (SSSR count). The highest BCUT2D eigenvalue weighted by atomic mass is 19.4. The van der Waals surface area contributed by atoms with Crippen LogP contribution in [0.25, 0.3) is 0 Å². The first-order valence-corrected chi connectivity index (χ1v) is 10.6. The molecule has 1 aliphatic carbocycles. The minimum absolute atomic E-state index is 0.0567. The minimum atomic E-state index is -4.62. The number of pyridine rings is 1. The Balaban J connectivity index is 1.83. The number of rotatable bonds is 6. The summed E-state index contributed by atoms with van der Waals surface area (Å²) in [5, 5.41) is 2.96. The zero-order chi connectivity index (χ0) is 23.4. The van der Waals surface area contributed by atoms with Crippen LogP contribution in [0.15, 0.2) is 71.6 Å². The van der Waals surface area contributed by atoms with E-state index in [9.17, 15) is 22.8 Å². The molecular formula is C24H22F3N3O3. The minimum Gasteiger partial charge on any atom is -0.459 e. The van der Waals surface area contributed by atoms with Gasteiger partial charge in [-0.15, -0.1) is 0 Å². The number of carbonyl (C=O) groups is 2. The molecule has 1 aromatic carbocycles. The molecule has 172 valence electrons. The predicted molar refractivity (Wildman–Crippen MR) is 114 cm³/mol. The number of nitrogens with one attached hydrogen (secondary N) is 1. The van der Waals surface area contributed by atoms with E-state index in [1.807, 2.05) is 0 Å². The molecule has 2 heterocycles. The molecule has 1 aliphatic rings. The van der Waals surface area contributed by atoms with Crippen LogP contribution in [0.5, 0.6) is 0 Å². The summed E-state index contributed by atoms with van der Waals surface area (Å²) in [6.45, 7) is 0. The van der Waals surface area contributed by atoms with Crippen molar-refractivity contribution in [2.75, 3.05) is 4.90 Å². The van der Waals surface area contributed by atoms with E-state index in [2.05, 4.69) is 10.3 Å². The largest absolute Gasteiger partial charge is 0.459 e. The molecule has 6 nitrogen and oxygen atoms in total. The van der Waals surface area contributed by atoms with E-state index in [1.54, 1.807) is 12.1 Å². The summed E-state index contributed by atoms with van der Waals surface area (Å²) in [7, 11) is 0. The van der Waals surface area contributed by atoms with Crippen molar-refractivity contribution in [1.29, 1.82) is 0 Å². The summed E-state index contributed by atoms with van der Waals surface area (Å²) in [6.07, 6.45) is 3.17. The molecule has 0 bridgehead atoms. The van der Waals surface area contributed by atoms with Crippen LogP contribution in [0.3, 0.4) is 0 Å². The Labute approximate surface area is 188 Å². The van der Waals surface area contributed by atoms with Crippen LogP contribution in [-0.4, -0.2) is 22.8 Å². The predicted octanol–water partition coefficient (Wildman–Crippen LogP) is 5.14. The second-order valence-electron chi connectivity index (χ2n) is 7.88. The Morgan fingerprint density at radius 1 is 1.09 bits per heavy atom. The summed E-state index contributed by atoms with van der Waals surface area (Å²) in [5.41, 5.74) is -0.648. The van der Waals surface area contributed by atoms with Crippen molar-refractivity contribution < 1.29 is 27.2 Å². The summed E-state index contributed by atoms with van der Waals surface area (Å²) >= 11 is 0. The van der Waals surface area contributed by atoms with Crippen LogP contribution in [0, 0.1) is 0 Å². The highest BCUT2D eigenvalue weighted by Gasteiger charge is 2.37. The van der Waals surface area contributed by atoms with Gasteiger partial charge in [-0.3, -0.25) is 19.5 Å². The molecule has 1 fully saturated rings. The second kappa shape index (κ2) is 9.48. The molecular weight excluding hydrogens is 435 g/mol. The van der Waals surface area contributed by atoms with Crippen LogP contribution < -0.4 is 10.2 Å². The molecule has 3 aromatic rings. The van der Waals surface area contributed by atoms with E-state index < -0.39 is 29.6 Å². The molecule has 33 heavy (non-hydrogen) atoms. The number of aromatic nitrogens is 1. The fourth-order valence-corrected chi connectivity index (χ4v) is 4.04. The van der Waals surface area contributed by atoms with Gasteiger partial charge in [-0.1, -0.05) is 25.0 Å². The van der Waals surface area contributed by atoms with Crippen molar-refractivity contribution in [3.63, 3.8) is 0 Å². The number of hydrogen-bond donors (Lipinski definition) is 1. The maximum Gasteiger partial charge on any atom is 0.416 e. The number of amides is 2. The normalized spacial score (nSPS) is 15.2. The zero-order valence-electron chi connectivity index (χ0n) is 17.6. The third-order valence-corrected chi connectivity index (χ3v) is 5.61. The van der Waals surface area contributed by atoms with Gasteiger partial charge in [0.1, 0.15) is 6.04 Å². The molecule has 1 atom stereocenters. The van der Waals surface area contributed by atoms with E-state index >= 15 is 0 Å². The van der Waals surface area contributed by atoms with Gasteiger partial charge in [-0.25, -0.2) is 0 Å². The number of benzene rings is 1. The maximum absolute atomic E-state index is 13.5. The van der Waals surface area contributed by atoms with Crippen LogP contribution >= 0.6 is 0 Å². The standard InChI is InChI=1S/C24H22F3N3O3/c25-24(26,27)17-7-3-10-19(14-17)30(23(32)20-11-5-13-33-20)21(16-6-4-12-28-15-16)22(31)29-18-8-1-2-9-18/h3-7,10-15,18,21H,1-2,8-9H2,(H,29,31)/t21-/m0/s1. The van der Waals surface area contributed by atoms with Crippen molar-refractivity contribution in [3.05, 3.63) is 84.1 Å². The highest BCUT2D eigenvalue weighted by Crippen LogP contribution is 2.35. The van der Waals surface area contributed by atoms with Gasteiger partial charge < -0.3 is 9.73 Å². The number of halogens is 3. The Morgan fingerprint density at radius 3 is 2.52 bits per heavy atom. The summed E-state index contributed by atoms with van der Waals surface area (Å²) in [4.78, 5) is 32.0. The number of anilines is 1. The number of furan rings is 1. The van der Waals surface area contributed by atoms with Gasteiger partial charge in [-0.2, -0.15) is 13.2 Å². The third-order valence-electron chi connectivity index (χ3n) is 5.61. The van der Waals surface area contributed by atoms with Crippen molar-refractivity contribution in [2.24, 2.45) is 0 Å². The van der Waals surface area contributed by atoms with Crippen LogP contribution in [0.1, 0.15) is 53.4 Å². The lowest BCUT2D eigenvalue weighted by Crippen LogP contribution is -2.46. The molecule has 2 aromatic heterocycles. The first kappa shape index (κ1) is 22.6. The molecule has 0 saturated heterocycles. The smallest absolute Gasteiger partial charge is 0.416 e.